The standard InChI is InChI=1S/C23H24O4/c1-4-7-17-15-18(23(27-6-3)20(8-5-2)22(17)26)11-14-21(25)16-9-12-19(24)13-10-16/h4-5,9-15,24,26H,1-2,6-8H2,3H3/b14-11+. The molecule has 0 saturated carbocycles. The van der Waals surface area contributed by atoms with Gasteiger partial charge in [0.15, 0.2) is 5.78 Å². The Morgan fingerprint density at radius 1 is 1.11 bits per heavy atom. The van der Waals surface area contributed by atoms with Crippen molar-refractivity contribution >= 4 is 11.9 Å². The minimum atomic E-state index is -0.193. The highest BCUT2D eigenvalue weighted by atomic mass is 16.5. The SMILES string of the molecule is C=CCc1cc(/C=C/C(=O)c2ccc(O)cc2)c(OCC)c(CC=C)c1O. The Hall–Kier alpha value is -3.27. The van der Waals surface area contributed by atoms with Gasteiger partial charge in [-0.25, -0.2) is 0 Å². The van der Waals surface area contributed by atoms with Crippen molar-refractivity contribution in [2.24, 2.45) is 0 Å². The zero-order valence-electron chi connectivity index (χ0n) is 15.4. The molecule has 0 aliphatic heterocycles. The van der Waals surface area contributed by atoms with Crippen molar-refractivity contribution in [2.75, 3.05) is 6.61 Å². The average molecular weight is 364 g/mol. The largest absolute Gasteiger partial charge is 0.508 e. The van der Waals surface area contributed by atoms with Crippen molar-refractivity contribution in [1.82, 2.24) is 0 Å². The summed E-state index contributed by atoms with van der Waals surface area (Å²) in [6.45, 7) is 9.76. The molecule has 0 radical (unpaired) electrons. The van der Waals surface area contributed by atoms with E-state index in [2.05, 4.69) is 13.2 Å². The van der Waals surface area contributed by atoms with Crippen LogP contribution in [0, 0.1) is 0 Å². The molecule has 0 spiro atoms. The van der Waals surface area contributed by atoms with Gasteiger partial charge < -0.3 is 14.9 Å². The summed E-state index contributed by atoms with van der Waals surface area (Å²) in [7, 11) is 0. The van der Waals surface area contributed by atoms with E-state index in [0.717, 1.165) is 0 Å². The van der Waals surface area contributed by atoms with E-state index in [1.54, 1.807) is 36.4 Å². The summed E-state index contributed by atoms with van der Waals surface area (Å²) in [4.78, 5) is 12.4. The second-order valence-corrected chi connectivity index (χ2v) is 5.94. The summed E-state index contributed by atoms with van der Waals surface area (Å²) in [5.41, 5.74) is 2.53. The molecular weight excluding hydrogens is 340 g/mol. The molecule has 140 valence electrons. The molecule has 0 heterocycles. The first-order chi connectivity index (χ1) is 13.0. The first-order valence-electron chi connectivity index (χ1n) is 8.75. The fourth-order valence-corrected chi connectivity index (χ4v) is 2.77. The van der Waals surface area contributed by atoms with Crippen LogP contribution in [0.25, 0.3) is 6.08 Å². The normalized spacial score (nSPS) is 10.7. The molecule has 0 amide bonds. The van der Waals surface area contributed by atoms with Crippen LogP contribution >= 0.6 is 0 Å². The van der Waals surface area contributed by atoms with Crippen molar-refractivity contribution < 1.29 is 19.7 Å². The minimum Gasteiger partial charge on any atom is -0.508 e. The molecule has 2 N–H and O–H groups in total. The minimum absolute atomic E-state index is 0.107. The Kier molecular flexibility index (Phi) is 7.00. The highest BCUT2D eigenvalue weighted by molar-refractivity contribution is 6.07. The van der Waals surface area contributed by atoms with Gasteiger partial charge in [0.2, 0.25) is 0 Å². The van der Waals surface area contributed by atoms with Crippen LogP contribution in [0.15, 0.2) is 61.7 Å². The van der Waals surface area contributed by atoms with Gasteiger partial charge >= 0.3 is 0 Å². The van der Waals surface area contributed by atoms with Crippen molar-refractivity contribution in [3.63, 3.8) is 0 Å². The molecule has 2 aromatic carbocycles. The van der Waals surface area contributed by atoms with Crippen LogP contribution in [0.3, 0.4) is 0 Å². The number of carbonyl (C=O) groups is 1. The van der Waals surface area contributed by atoms with Crippen molar-refractivity contribution in [1.29, 1.82) is 0 Å². The van der Waals surface area contributed by atoms with Gasteiger partial charge in [-0.05, 0) is 67.8 Å². The Bertz CT molecular complexity index is 861. The molecule has 2 rings (SSSR count). The Morgan fingerprint density at radius 2 is 1.78 bits per heavy atom. The maximum Gasteiger partial charge on any atom is 0.185 e. The summed E-state index contributed by atoms with van der Waals surface area (Å²) < 4.78 is 5.76. The van der Waals surface area contributed by atoms with E-state index in [-0.39, 0.29) is 17.3 Å². The molecule has 0 aliphatic rings. The topological polar surface area (TPSA) is 66.8 Å². The van der Waals surface area contributed by atoms with Crippen molar-refractivity contribution in [3.05, 3.63) is 84.0 Å². The summed E-state index contributed by atoms with van der Waals surface area (Å²) >= 11 is 0. The molecule has 0 atom stereocenters. The van der Waals surface area contributed by atoms with Gasteiger partial charge in [-0.15, -0.1) is 13.2 Å². The number of allylic oxidation sites excluding steroid dienone is 3. The smallest absolute Gasteiger partial charge is 0.185 e. The number of carbonyl (C=O) groups excluding carboxylic acids is 1. The van der Waals surface area contributed by atoms with Crippen molar-refractivity contribution in [3.8, 4) is 17.2 Å². The van der Waals surface area contributed by atoms with E-state index < -0.39 is 0 Å². The summed E-state index contributed by atoms with van der Waals surface area (Å²) in [5, 5.41) is 19.9. The predicted molar refractivity (Wildman–Crippen MR) is 109 cm³/mol. The summed E-state index contributed by atoms with van der Waals surface area (Å²) in [6, 6.07) is 7.87. The molecule has 0 unspecified atom stereocenters. The Labute approximate surface area is 159 Å². The van der Waals surface area contributed by atoms with E-state index in [9.17, 15) is 15.0 Å². The molecule has 0 aromatic heterocycles. The number of phenols is 2. The second-order valence-electron chi connectivity index (χ2n) is 5.94. The molecule has 0 saturated heterocycles. The number of hydrogen-bond donors (Lipinski definition) is 2. The maximum atomic E-state index is 12.4. The van der Waals surface area contributed by atoms with Crippen LogP contribution in [0.2, 0.25) is 0 Å². The second kappa shape index (κ2) is 9.43. The first-order valence-corrected chi connectivity index (χ1v) is 8.75. The van der Waals surface area contributed by atoms with Gasteiger partial charge in [-0.2, -0.15) is 0 Å². The highest BCUT2D eigenvalue weighted by Gasteiger charge is 2.16. The lowest BCUT2D eigenvalue weighted by atomic mass is 9.97. The van der Waals surface area contributed by atoms with Crippen LogP contribution in [0.1, 0.15) is 34.0 Å². The Balaban J connectivity index is 2.48. The molecule has 4 heteroatoms. The lowest BCUT2D eigenvalue weighted by Gasteiger charge is -2.17. The van der Waals surface area contributed by atoms with Gasteiger partial charge in [0, 0.05) is 16.7 Å². The lowest BCUT2D eigenvalue weighted by Crippen LogP contribution is -2.02. The number of hydrogen-bond acceptors (Lipinski definition) is 4. The first kappa shape index (κ1) is 20.0. The number of ketones is 1. The zero-order chi connectivity index (χ0) is 19.8. The molecule has 0 fully saturated rings. The third-order valence-electron chi connectivity index (χ3n) is 4.02. The monoisotopic (exact) mass is 364 g/mol. The fourth-order valence-electron chi connectivity index (χ4n) is 2.77. The Morgan fingerprint density at radius 3 is 2.37 bits per heavy atom. The van der Waals surface area contributed by atoms with E-state index in [1.165, 1.54) is 18.2 Å². The van der Waals surface area contributed by atoms with Crippen LogP contribution < -0.4 is 4.74 Å². The fraction of sp³-hybridized carbons (Fsp3) is 0.174. The number of aromatic hydroxyl groups is 2. The van der Waals surface area contributed by atoms with Crippen LogP contribution in [0.5, 0.6) is 17.2 Å². The molecule has 2 aromatic rings. The predicted octanol–water partition coefficient (Wildman–Crippen LogP) is 4.85. The number of ether oxygens (including phenoxy) is 1. The summed E-state index contributed by atoms with van der Waals surface area (Å²) in [5.74, 6) is 0.620. The quantitative estimate of drug-likeness (QED) is 0.379. The van der Waals surface area contributed by atoms with Crippen LogP contribution in [-0.2, 0) is 12.8 Å². The van der Waals surface area contributed by atoms with Gasteiger partial charge in [-0.1, -0.05) is 12.2 Å². The van der Waals surface area contributed by atoms with Gasteiger partial charge in [0.1, 0.15) is 17.2 Å². The molecule has 0 bridgehead atoms. The van der Waals surface area contributed by atoms with E-state index in [0.29, 0.717) is 47.5 Å². The highest BCUT2D eigenvalue weighted by Crippen LogP contribution is 2.37. The molecule has 0 aliphatic carbocycles. The van der Waals surface area contributed by atoms with Crippen LogP contribution in [-0.4, -0.2) is 22.6 Å². The average Bonchev–Trinajstić information content (AvgIpc) is 2.66. The molecular formula is C23H24O4. The maximum absolute atomic E-state index is 12.4. The van der Waals surface area contributed by atoms with E-state index in [4.69, 9.17) is 4.74 Å². The number of benzene rings is 2. The zero-order valence-corrected chi connectivity index (χ0v) is 15.4. The number of phenolic OH excluding ortho intramolecular Hbond substituents is 2. The van der Waals surface area contributed by atoms with Gasteiger partial charge in [0.25, 0.3) is 0 Å². The van der Waals surface area contributed by atoms with Gasteiger partial charge in [0.05, 0.1) is 6.61 Å². The van der Waals surface area contributed by atoms with E-state index >= 15 is 0 Å². The third-order valence-corrected chi connectivity index (χ3v) is 4.02. The van der Waals surface area contributed by atoms with Crippen LogP contribution in [0.4, 0.5) is 0 Å². The van der Waals surface area contributed by atoms with E-state index in [1.807, 2.05) is 6.92 Å². The molecule has 4 nitrogen and oxygen atoms in total. The number of rotatable bonds is 9. The lowest BCUT2D eigenvalue weighted by molar-refractivity contribution is 0.104. The van der Waals surface area contributed by atoms with Gasteiger partial charge in [-0.3, -0.25) is 4.79 Å². The molecule has 27 heavy (non-hydrogen) atoms. The summed E-state index contributed by atoms with van der Waals surface area (Å²) in [6.07, 6.45) is 7.48. The third kappa shape index (κ3) is 4.88. The van der Waals surface area contributed by atoms with Crippen molar-refractivity contribution in [2.45, 2.75) is 19.8 Å².